The monoisotopic (exact) mass is 384 g/mol. The van der Waals surface area contributed by atoms with Gasteiger partial charge in [0.25, 0.3) is 0 Å². The molecule has 0 aromatic carbocycles. The number of ether oxygens (including phenoxy) is 1. The minimum absolute atomic E-state index is 0.0989. The van der Waals surface area contributed by atoms with E-state index >= 15 is 0 Å². The summed E-state index contributed by atoms with van der Waals surface area (Å²) in [6, 6.07) is 3.08. The van der Waals surface area contributed by atoms with Gasteiger partial charge in [-0.3, -0.25) is 0 Å². The molecule has 27 heavy (non-hydrogen) atoms. The van der Waals surface area contributed by atoms with Gasteiger partial charge in [-0.05, 0) is 51.7 Å². The van der Waals surface area contributed by atoms with E-state index in [1.165, 1.54) is 12.3 Å². The van der Waals surface area contributed by atoms with Crippen molar-refractivity contribution in [1.29, 1.82) is 0 Å². The van der Waals surface area contributed by atoms with Gasteiger partial charge in [-0.2, -0.15) is 13.2 Å². The Morgan fingerprint density at radius 2 is 2.07 bits per heavy atom. The van der Waals surface area contributed by atoms with Gasteiger partial charge in [0.2, 0.25) is 5.82 Å². The lowest BCUT2D eigenvalue weighted by molar-refractivity contribution is -0.147. The third-order valence-corrected chi connectivity index (χ3v) is 4.37. The molecule has 0 N–H and O–H groups in total. The summed E-state index contributed by atoms with van der Waals surface area (Å²) in [6.07, 6.45) is -2.11. The first-order valence-electron chi connectivity index (χ1n) is 8.91. The average Bonchev–Trinajstić information content (AvgIpc) is 2.93. The highest BCUT2D eigenvalue weighted by atomic mass is 19.4. The van der Waals surface area contributed by atoms with Crippen molar-refractivity contribution in [3.8, 4) is 0 Å². The maximum atomic E-state index is 13.4. The summed E-state index contributed by atoms with van der Waals surface area (Å²) in [5.41, 5.74) is -0.193. The number of likely N-dealkylation sites (tertiary alicyclic amines) is 1. The van der Waals surface area contributed by atoms with Crippen molar-refractivity contribution >= 4 is 17.3 Å². The molecule has 2 aromatic rings. The first-order chi connectivity index (χ1) is 12.5. The molecule has 1 aliphatic rings. The molecule has 0 radical (unpaired) electrons. The van der Waals surface area contributed by atoms with E-state index in [4.69, 9.17) is 4.74 Å². The lowest BCUT2D eigenvalue weighted by Crippen LogP contribution is -2.43. The molecule has 2 aromatic heterocycles. The van der Waals surface area contributed by atoms with Crippen LogP contribution in [0.5, 0.6) is 0 Å². The Kier molecular flexibility index (Phi) is 5.05. The van der Waals surface area contributed by atoms with Gasteiger partial charge >= 0.3 is 12.3 Å². The summed E-state index contributed by atoms with van der Waals surface area (Å²) in [5.74, 6) is -1.09. The van der Waals surface area contributed by atoms with Crippen LogP contribution in [-0.2, 0) is 17.5 Å². The average molecular weight is 384 g/mol. The van der Waals surface area contributed by atoms with Crippen LogP contribution >= 0.6 is 0 Å². The van der Waals surface area contributed by atoms with E-state index in [1.807, 2.05) is 0 Å². The summed E-state index contributed by atoms with van der Waals surface area (Å²) >= 11 is 0. The van der Waals surface area contributed by atoms with Crippen LogP contribution in [0.1, 0.15) is 39.4 Å². The summed E-state index contributed by atoms with van der Waals surface area (Å²) < 4.78 is 46.8. The number of carbonyl (C=O) groups excluding carboxylic acids is 1. The van der Waals surface area contributed by atoms with Crippen LogP contribution in [0.25, 0.3) is 11.2 Å². The number of halogens is 3. The van der Waals surface area contributed by atoms with Crippen LogP contribution in [0.3, 0.4) is 0 Å². The SMILES string of the molecule is CC(C)(C)OC(=O)N1CCC[C@@H](Cn2c(C(F)(F)F)nc3cccnc32)C1. The molecule has 3 heterocycles. The zero-order chi connectivity index (χ0) is 19.8. The van der Waals surface area contributed by atoms with Crippen LogP contribution in [-0.4, -0.2) is 44.2 Å². The predicted molar refractivity (Wildman–Crippen MR) is 93.1 cm³/mol. The Morgan fingerprint density at radius 1 is 1.33 bits per heavy atom. The summed E-state index contributed by atoms with van der Waals surface area (Å²) in [6.45, 7) is 6.34. The number of piperidine rings is 1. The van der Waals surface area contributed by atoms with E-state index in [-0.39, 0.29) is 23.6 Å². The van der Waals surface area contributed by atoms with E-state index in [1.54, 1.807) is 31.7 Å². The highest BCUT2D eigenvalue weighted by molar-refractivity contribution is 5.71. The van der Waals surface area contributed by atoms with E-state index in [2.05, 4.69) is 9.97 Å². The first-order valence-corrected chi connectivity index (χ1v) is 8.91. The Balaban J connectivity index is 1.82. The summed E-state index contributed by atoms with van der Waals surface area (Å²) in [5, 5.41) is 0. The number of pyridine rings is 1. The lowest BCUT2D eigenvalue weighted by Gasteiger charge is -2.34. The number of hydrogen-bond donors (Lipinski definition) is 0. The second kappa shape index (κ2) is 7.01. The maximum absolute atomic E-state index is 13.4. The second-order valence-electron chi connectivity index (χ2n) is 7.82. The third-order valence-electron chi connectivity index (χ3n) is 4.37. The number of carbonyl (C=O) groups is 1. The van der Waals surface area contributed by atoms with Crippen molar-refractivity contribution < 1.29 is 22.7 Å². The highest BCUT2D eigenvalue weighted by Gasteiger charge is 2.39. The molecule has 0 aliphatic carbocycles. The predicted octanol–water partition coefficient (Wildman–Crippen LogP) is 4.10. The normalized spacial score (nSPS) is 18.7. The van der Waals surface area contributed by atoms with Gasteiger partial charge in [0.05, 0.1) is 0 Å². The zero-order valence-electron chi connectivity index (χ0n) is 15.6. The van der Waals surface area contributed by atoms with Crippen LogP contribution < -0.4 is 0 Å². The molecule has 0 unspecified atom stereocenters. The van der Waals surface area contributed by atoms with Crippen molar-refractivity contribution in [3.63, 3.8) is 0 Å². The number of alkyl halides is 3. The van der Waals surface area contributed by atoms with Crippen LogP contribution in [0, 0.1) is 5.92 Å². The zero-order valence-corrected chi connectivity index (χ0v) is 15.6. The first kappa shape index (κ1) is 19.4. The molecule has 1 aliphatic heterocycles. The molecule has 148 valence electrons. The molecule has 6 nitrogen and oxygen atoms in total. The van der Waals surface area contributed by atoms with E-state index < -0.39 is 23.7 Å². The molecule has 3 rings (SSSR count). The topological polar surface area (TPSA) is 60.2 Å². The molecule has 1 atom stereocenters. The van der Waals surface area contributed by atoms with Gasteiger partial charge in [0, 0.05) is 25.8 Å². The Bertz CT molecular complexity index is 826. The lowest BCUT2D eigenvalue weighted by atomic mass is 9.98. The molecule has 0 bridgehead atoms. The highest BCUT2D eigenvalue weighted by Crippen LogP contribution is 2.32. The largest absolute Gasteiger partial charge is 0.449 e. The molecule has 1 saturated heterocycles. The number of fused-ring (bicyclic) bond motifs is 1. The number of imidazole rings is 1. The summed E-state index contributed by atoms with van der Waals surface area (Å²) in [7, 11) is 0. The van der Waals surface area contributed by atoms with Gasteiger partial charge in [0.15, 0.2) is 5.65 Å². The Hall–Kier alpha value is -2.32. The number of aromatic nitrogens is 3. The van der Waals surface area contributed by atoms with Crippen LogP contribution in [0.2, 0.25) is 0 Å². The minimum atomic E-state index is -4.57. The Morgan fingerprint density at radius 3 is 2.74 bits per heavy atom. The van der Waals surface area contributed by atoms with Gasteiger partial charge in [-0.1, -0.05) is 0 Å². The van der Waals surface area contributed by atoms with Crippen LogP contribution in [0.4, 0.5) is 18.0 Å². The van der Waals surface area contributed by atoms with Crippen molar-refractivity contribution in [3.05, 3.63) is 24.2 Å². The van der Waals surface area contributed by atoms with E-state index in [9.17, 15) is 18.0 Å². The van der Waals surface area contributed by atoms with E-state index in [0.29, 0.717) is 19.5 Å². The number of nitrogens with zero attached hydrogens (tertiary/aromatic N) is 4. The molecule has 1 amide bonds. The van der Waals surface area contributed by atoms with Crippen LogP contribution in [0.15, 0.2) is 18.3 Å². The molecule has 1 fully saturated rings. The van der Waals surface area contributed by atoms with Crippen molar-refractivity contribution in [2.75, 3.05) is 13.1 Å². The molecule has 0 spiro atoms. The third kappa shape index (κ3) is 4.51. The number of rotatable bonds is 2. The number of hydrogen-bond acceptors (Lipinski definition) is 4. The molecule has 9 heteroatoms. The van der Waals surface area contributed by atoms with Crippen molar-refractivity contribution in [2.45, 2.75) is 51.9 Å². The second-order valence-corrected chi connectivity index (χ2v) is 7.82. The summed E-state index contributed by atoms with van der Waals surface area (Å²) in [4.78, 5) is 21.7. The fourth-order valence-electron chi connectivity index (χ4n) is 3.31. The standard InChI is InChI=1S/C18H23F3N4O2/c1-17(2,3)27-16(26)24-9-5-6-12(10-24)11-25-14-13(7-4-8-22-14)23-15(25)18(19,20)21/h4,7-8,12H,5-6,9-11H2,1-3H3/t12-/m1/s1. The smallest absolute Gasteiger partial charge is 0.444 e. The van der Waals surface area contributed by atoms with Gasteiger partial charge < -0.3 is 14.2 Å². The van der Waals surface area contributed by atoms with E-state index in [0.717, 1.165) is 11.0 Å². The number of amides is 1. The van der Waals surface area contributed by atoms with Gasteiger partial charge in [-0.25, -0.2) is 14.8 Å². The van der Waals surface area contributed by atoms with Gasteiger partial charge in [-0.15, -0.1) is 0 Å². The molecular formula is C18H23F3N4O2. The molecular weight excluding hydrogens is 361 g/mol. The van der Waals surface area contributed by atoms with Crippen molar-refractivity contribution in [2.24, 2.45) is 5.92 Å². The fraction of sp³-hybridized carbons (Fsp3) is 0.611. The minimum Gasteiger partial charge on any atom is -0.444 e. The molecule has 0 saturated carbocycles. The van der Waals surface area contributed by atoms with Crippen molar-refractivity contribution in [1.82, 2.24) is 19.4 Å². The Labute approximate surface area is 155 Å². The maximum Gasteiger partial charge on any atom is 0.449 e. The fourth-order valence-corrected chi connectivity index (χ4v) is 3.31. The van der Waals surface area contributed by atoms with Gasteiger partial charge in [0.1, 0.15) is 11.1 Å². The quantitative estimate of drug-likeness (QED) is 0.782.